The standard InChI is InChI=1S/C7H12OS/c1-4-5-9-7(2,3)6-8/h4,6H,1,5H2,2-3H3. The lowest BCUT2D eigenvalue weighted by atomic mass is 10.2. The van der Waals surface area contributed by atoms with Crippen LogP contribution in [0, 0.1) is 0 Å². The van der Waals surface area contributed by atoms with E-state index in [1.807, 2.05) is 13.8 Å². The summed E-state index contributed by atoms with van der Waals surface area (Å²) >= 11 is 1.59. The maximum atomic E-state index is 10.3. The topological polar surface area (TPSA) is 17.1 Å². The molecule has 0 saturated heterocycles. The third-order valence-electron chi connectivity index (χ3n) is 0.857. The number of hydrogen-bond donors (Lipinski definition) is 0. The van der Waals surface area contributed by atoms with Crippen molar-refractivity contribution in [2.24, 2.45) is 0 Å². The van der Waals surface area contributed by atoms with E-state index in [4.69, 9.17) is 0 Å². The van der Waals surface area contributed by atoms with E-state index < -0.39 is 0 Å². The van der Waals surface area contributed by atoms with Gasteiger partial charge in [0, 0.05) is 5.75 Å². The van der Waals surface area contributed by atoms with E-state index in [1.54, 1.807) is 17.8 Å². The van der Waals surface area contributed by atoms with Crippen LogP contribution in [0.25, 0.3) is 0 Å². The smallest absolute Gasteiger partial charge is 0.135 e. The zero-order valence-electron chi connectivity index (χ0n) is 5.89. The van der Waals surface area contributed by atoms with E-state index in [2.05, 4.69) is 6.58 Å². The van der Waals surface area contributed by atoms with Gasteiger partial charge in [0.25, 0.3) is 0 Å². The molecule has 0 rings (SSSR count). The minimum absolute atomic E-state index is 0.242. The lowest BCUT2D eigenvalue weighted by Gasteiger charge is -2.13. The Labute approximate surface area is 60.5 Å². The van der Waals surface area contributed by atoms with Crippen LogP contribution < -0.4 is 0 Å². The molecule has 0 aromatic carbocycles. The molecular weight excluding hydrogens is 132 g/mol. The van der Waals surface area contributed by atoms with Gasteiger partial charge < -0.3 is 4.79 Å². The van der Waals surface area contributed by atoms with Crippen LogP contribution in [0.5, 0.6) is 0 Å². The summed E-state index contributed by atoms with van der Waals surface area (Å²) in [6.45, 7) is 7.36. The van der Waals surface area contributed by atoms with Crippen LogP contribution in [-0.2, 0) is 4.79 Å². The minimum Gasteiger partial charge on any atom is -0.302 e. The molecule has 0 spiro atoms. The summed E-state index contributed by atoms with van der Waals surface area (Å²) < 4.78 is -0.242. The van der Waals surface area contributed by atoms with Crippen molar-refractivity contribution in [3.63, 3.8) is 0 Å². The van der Waals surface area contributed by atoms with Gasteiger partial charge in [0.1, 0.15) is 6.29 Å². The molecule has 0 unspecified atom stereocenters. The van der Waals surface area contributed by atoms with E-state index in [0.29, 0.717) is 0 Å². The third-order valence-corrected chi connectivity index (χ3v) is 2.10. The zero-order chi connectivity index (χ0) is 7.33. The number of rotatable bonds is 4. The molecule has 1 nitrogen and oxygen atoms in total. The Morgan fingerprint density at radius 2 is 2.22 bits per heavy atom. The molecule has 0 N–H and O–H groups in total. The molecule has 9 heavy (non-hydrogen) atoms. The molecule has 0 saturated carbocycles. The first kappa shape index (κ1) is 8.76. The fraction of sp³-hybridized carbons (Fsp3) is 0.571. The zero-order valence-corrected chi connectivity index (χ0v) is 6.70. The highest BCUT2D eigenvalue weighted by Crippen LogP contribution is 2.20. The second kappa shape index (κ2) is 3.72. The van der Waals surface area contributed by atoms with Crippen LogP contribution in [0.2, 0.25) is 0 Å². The van der Waals surface area contributed by atoms with Gasteiger partial charge in [-0.15, -0.1) is 18.3 Å². The maximum absolute atomic E-state index is 10.3. The van der Waals surface area contributed by atoms with Crippen molar-refractivity contribution in [2.75, 3.05) is 5.75 Å². The maximum Gasteiger partial charge on any atom is 0.135 e. The van der Waals surface area contributed by atoms with Gasteiger partial charge in [-0.1, -0.05) is 6.08 Å². The Bertz CT molecular complexity index is 107. The van der Waals surface area contributed by atoms with Crippen LogP contribution in [0.15, 0.2) is 12.7 Å². The second-order valence-electron chi connectivity index (χ2n) is 2.32. The molecule has 0 amide bonds. The predicted molar refractivity (Wildman–Crippen MR) is 42.8 cm³/mol. The quantitative estimate of drug-likeness (QED) is 0.442. The highest BCUT2D eigenvalue weighted by Gasteiger charge is 2.14. The molecule has 0 aromatic heterocycles. The van der Waals surface area contributed by atoms with Gasteiger partial charge in [-0.2, -0.15) is 0 Å². The summed E-state index contributed by atoms with van der Waals surface area (Å²) in [5, 5.41) is 0. The third kappa shape index (κ3) is 4.28. The molecular formula is C7H12OS. The van der Waals surface area contributed by atoms with Gasteiger partial charge in [0.05, 0.1) is 4.75 Å². The Morgan fingerprint density at radius 3 is 2.56 bits per heavy atom. The lowest BCUT2D eigenvalue weighted by Crippen LogP contribution is -2.16. The molecule has 0 fully saturated rings. The van der Waals surface area contributed by atoms with Crippen molar-refractivity contribution in [1.82, 2.24) is 0 Å². The van der Waals surface area contributed by atoms with E-state index >= 15 is 0 Å². The van der Waals surface area contributed by atoms with E-state index in [9.17, 15) is 4.79 Å². The lowest BCUT2D eigenvalue weighted by molar-refractivity contribution is -0.109. The first-order valence-electron chi connectivity index (χ1n) is 2.83. The Kier molecular flexibility index (Phi) is 3.62. The summed E-state index contributed by atoms with van der Waals surface area (Å²) in [5.74, 6) is 0.839. The van der Waals surface area contributed by atoms with Crippen molar-refractivity contribution in [1.29, 1.82) is 0 Å². The SMILES string of the molecule is C=CCSC(C)(C)C=O. The van der Waals surface area contributed by atoms with Gasteiger partial charge >= 0.3 is 0 Å². The van der Waals surface area contributed by atoms with Crippen molar-refractivity contribution < 1.29 is 4.79 Å². The molecule has 2 heteroatoms. The normalized spacial score (nSPS) is 10.9. The first-order valence-corrected chi connectivity index (χ1v) is 3.82. The molecule has 52 valence electrons. The number of carbonyl (C=O) groups is 1. The average Bonchev–Trinajstić information content (AvgIpc) is 1.84. The van der Waals surface area contributed by atoms with Crippen molar-refractivity contribution in [3.8, 4) is 0 Å². The van der Waals surface area contributed by atoms with Gasteiger partial charge in [-0.3, -0.25) is 0 Å². The summed E-state index contributed by atoms with van der Waals surface area (Å²) in [7, 11) is 0. The van der Waals surface area contributed by atoms with Gasteiger partial charge in [-0.05, 0) is 13.8 Å². The van der Waals surface area contributed by atoms with Crippen LogP contribution in [0.3, 0.4) is 0 Å². The van der Waals surface area contributed by atoms with E-state index in [1.165, 1.54) is 0 Å². The van der Waals surface area contributed by atoms with Crippen LogP contribution in [-0.4, -0.2) is 16.8 Å². The monoisotopic (exact) mass is 144 g/mol. The van der Waals surface area contributed by atoms with Gasteiger partial charge in [0.15, 0.2) is 0 Å². The summed E-state index contributed by atoms with van der Waals surface area (Å²) in [6, 6.07) is 0. The Hall–Kier alpha value is -0.240. The minimum atomic E-state index is -0.242. The molecule has 0 aromatic rings. The molecule has 0 bridgehead atoms. The van der Waals surface area contributed by atoms with Crippen molar-refractivity contribution >= 4 is 18.0 Å². The van der Waals surface area contributed by atoms with E-state index in [-0.39, 0.29) is 4.75 Å². The Morgan fingerprint density at radius 1 is 1.67 bits per heavy atom. The van der Waals surface area contributed by atoms with Crippen LogP contribution in [0.1, 0.15) is 13.8 Å². The molecule has 0 aliphatic heterocycles. The van der Waals surface area contributed by atoms with Crippen molar-refractivity contribution in [3.05, 3.63) is 12.7 Å². The largest absolute Gasteiger partial charge is 0.302 e. The van der Waals surface area contributed by atoms with E-state index in [0.717, 1.165) is 12.0 Å². The van der Waals surface area contributed by atoms with Gasteiger partial charge in [-0.25, -0.2) is 0 Å². The van der Waals surface area contributed by atoms with Crippen LogP contribution in [0.4, 0.5) is 0 Å². The molecule has 0 radical (unpaired) electrons. The summed E-state index contributed by atoms with van der Waals surface area (Å²) in [4.78, 5) is 10.3. The first-order chi connectivity index (χ1) is 4.12. The number of aldehydes is 1. The highest BCUT2D eigenvalue weighted by molar-refractivity contribution is 8.01. The fourth-order valence-electron chi connectivity index (χ4n) is 0.308. The summed E-state index contributed by atoms with van der Waals surface area (Å²) in [6.07, 6.45) is 2.76. The average molecular weight is 144 g/mol. The number of hydrogen-bond acceptors (Lipinski definition) is 2. The molecule has 0 aliphatic rings. The number of thioether (sulfide) groups is 1. The Balaban J connectivity index is 3.57. The fourth-order valence-corrected chi connectivity index (χ4v) is 0.923. The highest BCUT2D eigenvalue weighted by atomic mass is 32.2. The predicted octanol–water partition coefficient (Wildman–Crippen LogP) is 1.88. The van der Waals surface area contributed by atoms with Crippen LogP contribution >= 0.6 is 11.8 Å². The molecule has 0 aliphatic carbocycles. The van der Waals surface area contributed by atoms with Crippen molar-refractivity contribution in [2.45, 2.75) is 18.6 Å². The number of carbonyl (C=O) groups excluding carboxylic acids is 1. The summed E-state index contributed by atoms with van der Waals surface area (Å²) in [5.41, 5.74) is 0. The van der Waals surface area contributed by atoms with Gasteiger partial charge in [0.2, 0.25) is 0 Å². The molecule has 0 atom stereocenters. The second-order valence-corrected chi connectivity index (χ2v) is 4.00. The molecule has 0 heterocycles.